The van der Waals surface area contributed by atoms with Gasteiger partial charge in [-0.3, -0.25) is 0 Å². The molecule has 1 aromatic carbocycles. The summed E-state index contributed by atoms with van der Waals surface area (Å²) in [7, 11) is 0. The second kappa shape index (κ2) is 5.26. The Balaban J connectivity index is 2.45. The Morgan fingerprint density at radius 2 is 1.94 bits per heavy atom. The van der Waals surface area contributed by atoms with Crippen molar-refractivity contribution in [3.05, 3.63) is 57.3 Å². The van der Waals surface area contributed by atoms with Gasteiger partial charge >= 0.3 is 0 Å². The molecule has 0 aliphatic carbocycles. The highest BCUT2D eigenvalue weighted by Crippen LogP contribution is 2.28. The van der Waals surface area contributed by atoms with Crippen LogP contribution < -0.4 is 0 Å². The minimum atomic E-state index is -0.449. The molecule has 17 heavy (non-hydrogen) atoms. The smallest absolute Gasteiger partial charge is 0.151 e. The first-order valence-corrected chi connectivity index (χ1v) is 6.02. The molecule has 1 heterocycles. The van der Waals surface area contributed by atoms with Crippen molar-refractivity contribution in [3.63, 3.8) is 0 Å². The molecule has 0 aliphatic rings. The van der Waals surface area contributed by atoms with Crippen molar-refractivity contribution in [2.75, 3.05) is 0 Å². The van der Waals surface area contributed by atoms with Crippen LogP contribution in [0.1, 0.15) is 17.2 Å². The van der Waals surface area contributed by atoms with Gasteiger partial charge in [-0.25, -0.2) is 0 Å². The Morgan fingerprint density at radius 1 is 1.18 bits per heavy atom. The lowest BCUT2D eigenvalue weighted by atomic mass is 9.97. The molecular weight excluding hydrogens is 302 g/mol. The molecule has 0 N–H and O–H groups in total. The third-order valence-electron chi connectivity index (χ3n) is 2.29. The minimum absolute atomic E-state index is 0.317. The average Bonchev–Trinajstić information content (AvgIpc) is 2.35. The summed E-state index contributed by atoms with van der Waals surface area (Å²) >= 11 is 9.10. The molecule has 0 saturated heterocycles. The molecule has 0 radical (unpaired) electrons. The third kappa shape index (κ3) is 2.63. The van der Waals surface area contributed by atoms with Crippen LogP contribution in [0.25, 0.3) is 0 Å². The van der Waals surface area contributed by atoms with E-state index >= 15 is 0 Å². The highest BCUT2D eigenvalue weighted by atomic mass is 79.9. The molecule has 0 unspecified atom stereocenters. The Hall–Kier alpha value is -1.44. The van der Waals surface area contributed by atoms with Crippen LogP contribution >= 0.6 is 27.5 Å². The summed E-state index contributed by atoms with van der Waals surface area (Å²) in [5.74, 6) is -0.449. The number of nitrogens with zero attached hydrogens (tertiary/aromatic N) is 3. The van der Waals surface area contributed by atoms with Gasteiger partial charge in [0.2, 0.25) is 0 Å². The van der Waals surface area contributed by atoms with Crippen LogP contribution in [0, 0.1) is 11.3 Å². The summed E-state index contributed by atoms with van der Waals surface area (Å²) in [6.07, 6.45) is 0. The van der Waals surface area contributed by atoms with E-state index in [4.69, 9.17) is 11.6 Å². The maximum Gasteiger partial charge on any atom is 0.151 e. The van der Waals surface area contributed by atoms with E-state index in [1.807, 2.05) is 24.3 Å². The molecule has 84 valence electrons. The summed E-state index contributed by atoms with van der Waals surface area (Å²) in [4.78, 5) is 0. The molecule has 3 nitrogen and oxygen atoms in total. The predicted octanol–water partition coefficient (Wildman–Crippen LogP) is 3.55. The number of benzene rings is 1. The summed E-state index contributed by atoms with van der Waals surface area (Å²) in [5, 5.41) is 17.3. The molecule has 2 aromatic rings. The SMILES string of the molecule is N#C[C@@H](c1ccc(Cl)nn1)c1ccccc1Br. The molecule has 0 aliphatic heterocycles. The quantitative estimate of drug-likeness (QED) is 0.852. The van der Waals surface area contributed by atoms with E-state index in [-0.39, 0.29) is 0 Å². The van der Waals surface area contributed by atoms with Gasteiger partial charge in [-0.15, -0.1) is 5.10 Å². The molecule has 0 saturated carbocycles. The molecule has 0 fully saturated rings. The van der Waals surface area contributed by atoms with Crippen LogP contribution in [0.4, 0.5) is 0 Å². The first-order chi connectivity index (χ1) is 8.22. The van der Waals surface area contributed by atoms with Crippen molar-refractivity contribution in [3.8, 4) is 6.07 Å². The van der Waals surface area contributed by atoms with Gasteiger partial charge in [-0.1, -0.05) is 45.7 Å². The minimum Gasteiger partial charge on any atom is -0.197 e. The Kier molecular flexibility index (Phi) is 3.72. The van der Waals surface area contributed by atoms with Crippen molar-refractivity contribution < 1.29 is 0 Å². The Morgan fingerprint density at radius 3 is 2.53 bits per heavy atom. The van der Waals surface area contributed by atoms with E-state index in [0.717, 1.165) is 10.0 Å². The van der Waals surface area contributed by atoms with Crippen molar-refractivity contribution in [1.82, 2.24) is 10.2 Å². The average molecular weight is 309 g/mol. The molecule has 0 spiro atoms. The maximum atomic E-state index is 9.26. The monoisotopic (exact) mass is 307 g/mol. The second-order valence-electron chi connectivity index (χ2n) is 3.36. The molecule has 1 atom stereocenters. The summed E-state index contributed by atoms with van der Waals surface area (Å²) in [6.45, 7) is 0. The number of rotatable bonds is 2. The predicted molar refractivity (Wildman–Crippen MR) is 68.6 cm³/mol. The van der Waals surface area contributed by atoms with Gasteiger partial charge in [0.1, 0.15) is 5.92 Å². The third-order valence-corrected chi connectivity index (χ3v) is 3.22. The van der Waals surface area contributed by atoms with Crippen molar-refractivity contribution >= 4 is 27.5 Å². The van der Waals surface area contributed by atoms with Crippen LogP contribution in [0.2, 0.25) is 5.15 Å². The molecular formula is C12H7BrClN3. The van der Waals surface area contributed by atoms with Crippen LogP contribution in [-0.2, 0) is 0 Å². The van der Waals surface area contributed by atoms with Crippen LogP contribution in [0.15, 0.2) is 40.9 Å². The zero-order valence-corrected chi connectivity index (χ0v) is 11.0. The van der Waals surface area contributed by atoms with E-state index in [0.29, 0.717) is 10.8 Å². The number of aromatic nitrogens is 2. The van der Waals surface area contributed by atoms with Crippen molar-refractivity contribution in [1.29, 1.82) is 5.26 Å². The van der Waals surface area contributed by atoms with Crippen LogP contribution in [-0.4, -0.2) is 10.2 Å². The normalized spacial score (nSPS) is 11.8. The lowest BCUT2D eigenvalue weighted by Gasteiger charge is -2.09. The lowest BCUT2D eigenvalue weighted by molar-refractivity contribution is 0.882. The van der Waals surface area contributed by atoms with E-state index in [1.165, 1.54) is 0 Å². The Labute approximate surface area is 112 Å². The lowest BCUT2D eigenvalue weighted by Crippen LogP contribution is -2.03. The molecule has 0 amide bonds. The van der Waals surface area contributed by atoms with E-state index in [9.17, 15) is 5.26 Å². The van der Waals surface area contributed by atoms with Gasteiger partial charge < -0.3 is 0 Å². The van der Waals surface area contributed by atoms with Gasteiger partial charge in [-0.05, 0) is 23.8 Å². The standard InChI is InChI=1S/C12H7BrClN3/c13-10-4-2-1-3-8(10)9(7-15)11-5-6-12(14)17-16-11/h1-6,9H/t9-/m1/s1. The highest BCUT2D eigenvalue weighted by Gasteiger charge is 2.17. The van der Waals surface area contributed by atoms with E-state index < -0.39 is 5.92 Å². The van der Waals surface area contributed by atoms with Gasteiger partial charge in [0.15, 0.2) is 5.15 Å². The molecule has 1 aromatic heterocycles. The fourth-order valence-corrected chi connectivity index (χ4v) is 2.10. The van der Waals surface area contributed by atoms with Gasteiger partial charge in [0, 0.05) is 4.47 Å². The number of nitriles is 1. The highest BCUT2D eigenvalue weighted by molar-refractivity contribution is 9.10. The fourth-order valence-electron chi connectivity index (χ4n) is 1.48. The van der Waals surface area contributed by atoms with Crippen molar-refractivity contribution in [2.24, 2.45) is 0 Å². The largest absolute Gasteiger partial charge is 0.197 e. The number of halogens is 2. The van der Waals surface area contributed by atoms with E-state index in [2.05, 4.69) is 32.2 Å². The zero-order chi connectivity index (χ0) is 12.3. The Bertz CT molecular complexity index is 563. The number of hydrogen-bond donors (Lipinski definition) is 0. The first-order valence-electron chi connectivity index (χ1n) is 4.85. The summed E-state index contributed by atoms with van der Waals surface area (Å²) < 4.78 is 0.878. The van der Waals surface area contributed by atoms with Gasteiger partial charge in [0.25, 0.3) is 0 Å². The number of hydrogen-bond acceptors (Lipinski definition) is 3. The second-order valence-corrected chi connectivity index (χ2v) is 4.61. The van der Waals surface area contributed by atoms with Crippen LogP contribution in [0.3, 0.4) is 0 Å². The molecule has 0 bridgehead atoms. The topological polar surface area (TPSA) is 49.6 Å². The van der Waals surface area contributed by atoms with Gasteiger partial charge in [0.05, 0.1) is 11.8 Å². The first kappa shape index (κ1) is 12.0. The van der Waals surface area contributed by atoms with Crippen molar-refractivity contribution in [2.45, 2.75) is 5.92 Å². The fraction of sp³-hybridized carbons (Fsp3) is 0.0833. The summed E-state index contributed by atoms with van der Waals surface area (Å²) in [6, 6.07) is 13.1. The van der Waals surface area contributed by atoms with Gasteiger partial charge in [-0.2, -0.15) is 10.4 Å². The zero-order valence-electron chi connectivity index (χ0n) is 8.64. The van der Waals surface area contributed by atoms with Crippen LogP contribution in [0.5, 0.6) is 0 Å². The summed E-state index contributed by atoms with van der Waals surface area (Å²) in [5.41, 5.74) is 1.45. The molecule has 2 rings (SSSR count). The maximum absolute atomic E-state index is 9.26. The molecule has 5 heteroatoms. The van der Waals surface area contributed by atoms with E-state index in [1.54, 1.807) is 12.1 Å².